The molecule has 2 heterocycles. The fourth-order valence-corrected chi connectivity index (χ4v) is 4.96. The molecule has 2 aliphatic rings. The van der Waals surface area contributed by atoms with Crippen molar-refractivity contribution < 1.29 is 13.9 Å². The Balaban J connectivity index is 1.59. The number of carbonyl (C=O) groups is 1. The van der Waals surface area contributed by atoms with Crippen molar-refractivity contribution in [1.82, 2.24) is 4.90 Å². The molecule has 1 fully saturated rings. The zero-order valence-electron chi connectivity index (χ0n) is 14.8. The van der Waals surface area contributed by atoms with Gasteiger partial charge in [-0.1, -0.05) is 24.6 Å². The standard InChI is InChI=1S/C21H24FNO2S/c22-18-9-5-4-8-17(18)20(21(24)25-16-6-2-1-3-7-16)23-12-10-19-15(14-23)11-13-26-19/h4-5,8-9,11,13,16,20H,1-3,6-7,10,12,14H2. The van der Waals surface area contributed by atoms with Crippen LogP contribution in [-0.2, 0) is 22.5 Å². The maximum absolute atomic E-state index is 14.5. The molecule has 5 heteroatoms. The maximum atomic E-state index is 14.5. The number of fused-ring (bicyclic) bond motifs is 1. The van der Waals surface area contributed by atoms with Gasteiger partial charge >= 0.3 is 5.97 Å². The molecule has 1 aliphatic carbocycles. The number of esters is 1. The summed E-state index contributed by atoms with van der Waals surface area (Å²) in [6.45, 7) is 1.41. The Morgan fingerprint density at radius 2 is 2.00 bits per heavy atom. The Kier molecular flexibility index (Phi) is 5.36. The lowest BCUT2D eigenvalue weighted by molar-refractivity contribution is -0.158. The van der Waals surface area contributed by atoms with E-state index in [2.05, 4.69) is 16.3 Å². The highest BCUT2D eigenvalue weighted by molar-refractivity contribution is 7.10. The highest BCUT2D eigenvalue weighted by Gasteiger charge is 2.35. The summed E-state index contributed by atoms with van der Waals surface area (Å²) in [6, 6.07) is 8.03. The molecule has 1 unspecified atom stereocenters. The fraction of sp³-hybridized carbons (Fsp3) is 0.476. The molecule has 1 aliphatic heterocycles. The molecule has 0 spiro atoms. The van der Waals surface area contributed by atoms with Gasteiger partial charge in [0.15, 0.2) is 0 Å². The second-order valence-corrected chi connectivity index (χ2v) is 8.21. The smallest absolute Gasteiger partial charge is 0.328 e. The van der Waals surface area contributed by atoms with E-state index in [1.165, 1.54) is 22.9 Å². The van der Waals surface area contributed by atoms with E-state index in [4.69, 9.17) is 4.74 Å². The van der Waals surface area contributed by atoms with Gasteiger partial charge in [-0.15, -0.1) is 11.3 Å². The molecule has 1 aromatic carbocycles. The lowest BCUT2D eigenvalue weighted by atomic mass is 9.97. The first-order valence-corrected chi connectivity index (χ1v) is 10.3. The lowest BCUT2D eigenvalue weighted by Gasteiger charge is -2.34. The number of hydrogen-bond donors (Lipinski definition) is 0. The van der Waals surface area contributed by atoms with Gasteiger partial charge in [-0.25, -0.2) is 9.18 Å². The molecule has 0 N–H and O–H groups in total. The van der Waals surface area contributed by atoms with Crippen LogP contribution in [0.3, 0.4) is 0 Å². The third kappa shape index (κ3) is 3.69. The van der Waals surface area contributed by atoms with Crippen LogP contribution in [0, 0.1) is 5.82 Å². The van der Waals surface area contributed by atoms with Crippen LogP contribution in [0.5, 0.6) is 0 Å². The zero-order valence-corrected chi connectivity index (χ0v) is 15.6. The second-order valence-electron chi connectivity index (χ2n) is 7.21. The summed E-state index contributed by atoms with van der Waals surface area (Å²) in [5.74, 6) is -0.644. The summed E-state index contributed by atoms with van der Waals surface area (Å²) in [7, 11) is 0. The summed E-state index contributed by atoms with van der Waals surface area (Å²) in [4.78, 5) is 16.5. The van der Waals surface area contributed by atoms with Crippen LogP contribution in [0.15, 0.2) is 35.7 Å². The fourth-order valence-electron chi connectivity index (χ4n) is 4.07. The summed E-state index contributed by atoms with van der Waals surface area (Å²) < 4.78 is 20.4. The molecule has 1 aromatic heterocycles. The average molecular weight is 373 g/mol. The van der Waals surface area contributed by atoms with Gasteiger partial charge in [-0.05, 0) is 55.2 Å². The van der Waals surface area contributed by atoms with Gasteiger partial charge in [0, 0.05) is 23.5 Å². The molecule has 1 saturated carbocycles. The number of ether oxygens (including phenoxy) is 1. The number of halogens is 1. The minimum atomic E-state index is -0.675. The second kappa shape index (κ2) is 7.89. The number of benzene rings is 1. The third-order valence-corrected chi connectivity index (χ3v) is 6.48. The van der Waals surface area contributed by atoms with Crippen LogP contribution in [0.2, 0.25) is 0 Å². The summed E-state index contributed by atoms with van der Waals surface area (Å²) in [6.07, 6.45) is 6.13. The molecule has 0 amide bonds. The molecule has 3 nitrogen and oxygen atoms in total. The monoisotopic (exact) mass is 373 g/mol. The highest BCUT2D eigenvalue weighted by atomic mass is 32.1. The SMILES string of the molecule is O=C(OC1CCCCC1)C(c1ccccc1F)N1CCc2sccc2C1. The Labute approximate surface area is 157 Å². The van der Waals surface area contributed by atoms with E-state index in [9.17, 15) is 9.18 Å². The van der Waals surface area contributed by atoms with E-state index >= 15 is 0 Å². The lowest BCUT2D eigenvalue weighted by Crippen LogP contribution is -2.40. The number of hydrogen-bond acceptors (Lipinski definition) is 4. The van der Waals surface area contributed by atoms with Gasteiger partial charge in [0.25, 0.3) is 0 Å². The number of nitrogens with zero attached hydrogens (tertiary/aromatic N) is 1. The Morgan fingerprint density at radius 3 is 2.81 bits per heavy atom. The minimum Gasteiger partial charge on any atom is -0.461 e. The first-order valence-electron chi connectivity index (χ1n) is 9.46. The zero-order chi connectivity index (χ0) is 17.9. The summed E-state index contributed by atoms with van der Waals surface area (Å²) >= 11 is 1.76. The summed E-state index contributed by atoms with van der Waals surface area (Å²) in [5.41, 5.74) is 1.67. The van der Waals surface area contributed by atoms with E-state index in [0.29, 0.717) is 12.1 Å². The van der Waals surface area contributed by atoms with E-state index in [0.717, 1.165) is 38.6 Å². The van der Waals surface area contributed by atoms with E-state index < -0.39 is 6.04 Å². The van der Waals surface area contributed by atoms with Crippen LogP contribution in [-0.4, -0.2) is 23.5 Å². The van der Waals surface area contributed by atoms with Crippen molar-refractivity contribution in [1.29, 1.82) is 0 Å². The molecule has 1 atom stereocenters. The molecule has 0 radical (unpaired) electrons. The van der Waals surface area contributed by atoms with Crippen molar-refractivity contribution in [3.8, 4) is 0 Å². The number of carbonyl (C=O) groups excluding carboxylic acids is 1. The minimum absolute atomic E-state index is 0.0213. The normalized spacial score (nSPS) is 19.7. The van der Waals surface area contributed by atoms with Crippen molar-refractivity contribution in [2.45, 2.75) is 57.2 Å². The number of rotatable bonds is 4. The summed E-state index contributed by atoms with van der Waals surface area (Å²) in [5, 5.41) is 2.09. The van der Waals surface area contributed by atoms with Gasteiger partial charge in [0.1, 0.15) is 18.0 Å². The van der Waals surface area contributed by atoms with E-state index in [1.54, 1.807) is 29.5 Å². The van der Waals surface area contributed by atoms with Crippen molar-refractivity contribution >= 4 is 17.3 Å². The predicted molar refractivity (Wildman–Crippen MR) is 101 cm³/mol. The topological polar surface area (TPSA) is 29.5 Å². The molecule has 138 valence electrons. The molecule has 26 heavy (non-hydrogen) atoms. The van der Waals surface area contributed by atoms with Crippen molar-refractivity contribution in [3.63, 3.8) is 0 Å². The maximum Gasteiger partial charge on any atom is 0.328 e. The first kappa shape index (κ1) is 17.7. The number of thiophene rings is 1. The highest BCUT2D eigenvalue weighted by Crippen LogP contribution is 2.33. The third-order valence-electron chi connectivity index (χ3n) is 5.46. The van der Waals surface area contributed by atoms with Gasteiger partial charge < -0.3 is 4.74 Å². The molecular weight excluding hydrogens is 349 g/mol. The van der Waals surface area contributed by atoms with Crippen LogP contribution in [0.4, 0.5) is 4.39 Å². The van der Waals surface area contributed by atoms with E-state index in [-0.39, 0.29) is 17.9 Å². The largest absolute Gasteiger partial charge is 0.461 e. The molecule has 0 bridgehead atoms. The Hall–Kier alpha value is -1.72. The van der Waals surface area contributed by atoms with Crippen molar-refractivity contribution in [3.05, 3.63) is 57.5 Å². The van der Waals surface area contributed by atoms with Gasteiger partial charge in [-0.3, -0.25) is 4.90 Å². The first-order chi connectivity index (χ1) is 12.7. The average Bonchev–Trinajstić information content (AvgIpc) is 3.12. The molecule has 4 rings (SSSR count). The molecule has 2 aromatic rings. The van der Waals surface area contributed by atoms with Crippen molar-refractivity contribution in [2.75, 3.05) is 6.54 Å². The van der Waals surface area contributed by atoms with Crippen molar-refractivity contribution in [2.24, 2.45) is 0 Å². The van der Waals surface area contributed by atoms with Crippen LogP contribution >= 0.6 is 11.3 Å². The van der Waals surface area contributed by atoms with Gasteiger partial charge in [-0.2, -0.15) is 0 Å². The molecule has 0 saturated heterocycles. The van der Waals surface area contributed by atoms with E-state index in [1.807, 2.05) is 0 Å². The van der Waals surface area contributed by atoms with Gasteiger partial charge in [0.2, 0.25) is 0 Å². The van der Waals surface area contributed by atoms with Crippen LogP contribution in [0.25, 0.3) is 0 Å². The van der Waals surface area contributed by atoms with Crippen LogP contribution < -0.4 is 0 Å². The Morgan fingerprint density at radius 1 is 1.19 bits per heavy atom. The quantitative estimate of drug-likeness (QED) is 0.717. The van der Waals surface area contributed by atoms with Crippen LogP contribution in [0.1, 0.15) is 54.1 Å². The Bertz CT molecular complexity index is 769. The van der Waals surface area contributed by atoms with Gasteiger partial charge in [0.05, 0.1) is 0 Å². The predicted octanol–water partition coefficient (Wildman–Crippen LogP) is 4.86. The molecular formula is C21H24FNO2S.